The van der Waals surface area contributed by atoms with Crippen LogP contribution in [0.4, 0.5) is 5.82 Å². The summed E-state index contributed by atoms with van der Waals surface area (Å²) >= 11 is 0. The van der Waals surface area contributed by atoms with Gasteiger partial charge in [0.05, 0.1) is 12.8 Å². The number of hydrogen-bond acceptors (Lipinski definition) is 5. The normalized spacial score (nSPS) is 10.0. The topological polar surface area (TPSA) is 59.9 Å². The predicted octanol–water partition coefficient (Wildman–Crippen LogP) is 1.98. The van der Waals surface area contributed by atoms with E-state index >= 15 is 0 Å². The summed E-state index contributed by atoms with van der Waals surface area (Å²) in [5.74, 6) is 1.30. The van der Waals surface area contributed by atoms with Crippen LogP contribution in [0.15, 0.2) is 30.7 Å². The van der Waals surface area contributed by atoms with Gasteiger partial charge in [-0.25, -0.2) is 9.97 Å². The molecule has 0 amide bonds. The third-order valence-corrected chi connectivity index (χ3v) is 2.26. The molecule has 2 heterocycles. The molecular formula is C12H14N4O. The van der Waals surface area contributed by atoms with Crippen molar-refractivity contribution in [1.82, 2.24) is 15.0 Å². The zero-order valence-electron chi connectivity index (χ0n) is 9.84. The zero-order valence-corrected chi connectivity index (χ0v) is 9.84. The van der Waals surface area contributed by atoms with E-state index in [9.17, 15) is 0 Å². The second-order valence-electron chi connectivity index (χ2n) is 3.35. The van der Waals surface area contributed by atoms with Crippen LogP contribution in [-0.2, 0) is 0 Å². The van der Waals surface area contributed by atoms with Gasteiger partial charge in [-0.05, 0) is 19.1 Å². The third-order valence-electron chi connectivity index (χ3n) is 2.26. The fourth-order valence-corrected chi connectivity index (χ4v) is 1.55. The Morgan fingerprint density at radius 2 is 2.12 bits per heavy atom. The highest BCUT2D eigenvalue weighted by atomic mass is 16.5. The average molecular weight is 230 g/mol. The van der Waals surface area contributed by atoms with Crippen LogP contribution in [0.1, 0.15) is 6.92 Å². The van der Waals surface area contributed by atoms with Gasteiger partial charge in [0.25, 0.3) is 0 Å². The molecule has 0 aliphatic rings. The number of methoxy groups -OCH3 is 1. The van der Waals surface area contributed by atoms with Crippen LogP contribution in [0.25, 0.3) is 11.4 Å². The van der Waals surface area contributed by atoms with Crippen LogP contribution in [0.2, 0.25) is 0 Å². The van der Waals surface area contributed by atoms with E-state index in [1.54, 1.807) is 13.3 Å². The van der Waals surface area contributed by atoms with E-state index in [2.05, 4.69) is 20.3 Å². The minimum absolute atomic E-state index is 0.619. The zero-order chi connectivity index (χ0) is 12.1. The summed E-state index contributed by atoms with van der Waals surface area (Å²) in [7, 11) is 1.60. The van der Waals surface area contributed by atoms with E-state index in [4.69, 9.17) is 4.74 Å². The largest absolute Gasteiger partial charge is 0.491 e. The van der Waals surface area contributed by atoms with Crippen LogP contribution < -0.4 is 10.1 Å². The smallest absolute Gasteiger partial charge is 0.189 e. The van der Waals surface area contributed by atoms with Crippen LogP contribution >= 0.6 is 0 Å². The van der Waals surface area contributed by atoms with Gasteiger partial charge >= 0.3 is 0 Å². The molecular weight excluding hydrogens is 216 g/mol. The molecule has 5 heteroatoms. The summed E-state index contributed by atoms with van der Waals surface area (Å²) in [6, 6.07) is 5.67. The molecule has 0 atom stereocenters. The van der Waals surface area contributed by atoms with Gasteiger partial charge < -0.3 is 10.1 Å². The van der Waals surface area contributed by atoms with Crippen molar-refractivity contribution in [1.29, 1.82) is 0 Å². The van der Waals surface area contributed by atoms with Gasteiger partial charge in [-0.3, -0.25) is 4.98 Å². The Labute approximate surface area is 99.9 Å². The summed E-state index contributed by atoms with van der Waals surface area (Å²) in [5.41, 5.74) is 1.46. The van der Waals surface area contributed by atoms with E-state index < -0.39 is 0 Å². The molecule has 2 rings (SSSR count). The Morgan fingerprint density at radius 3 is 2.76 bits per heavy atom. The Kier molecular flexibility index (Phi) is 3.49. The molecule has 0 saturated carbocycles. The van der Waals surface area contributed by atoms with E-state index in [0.717, 1.165) is 12.2 Å². The number of pyridine rings is 1. The highest BCUT2D eigenvalue weighted by molar-refractivity contribution is 5.69. The molecule has 2 aromatic heterocycles. The maximum absolute atomic E-state index is 5.36. The molecule has 2 aromatic rings. The average Bonchev–Trinajstić information content (AvgIpc) is 2.40. The van der Waals surface area contributed by atoms with Crippen molar-refractivity contribution in [2.45, 2.75) is 6.92 Å². The second-order valence-corrected chi connectivity index (χ2v) is 3.35. The molecule has 0 spiro atoms. The third kappa shape index (κ3) is 2.33. The predicted molar refractivity (Wildman–Crippen MR) is 66.0 cm³/mol. The van der Waals surface area contributed by atoms with Crippen molar-refractivity contribution in [2.24, 2.45) is 0 Å². The molecule has 5 nitrogen and oxygen atoms in total. The van der Waals surface area contributed by atoms with Crippen molar-refractivity contribution >= 4 is 5.82 Å². The molecule has 0 saturated heterocycles. The second kappa shape index (κ2) is 5.25. The molecule has 17 heavy (non-hydrogen) atoms. The first-order chi connectivity index (χ1) is 8.36. The molecule has 0 aliphatic heterocycles. The van der Waals surface area contributed by atoms with Gasteiger partial charge in [0, 0.05) is 12.7 Å². The number of nitrogens with zero attached hydrogens (tertiary/aromatic N) is 3. The highest BCUT2D eigenvalue weighted by Crippen LogP contribution is 2.31. The monoisotopic (exact) mass is 230 g/mol. The quantitative estimate of drug-likeness (QED) is 0.870. The first-order valence-corrected chi connectivity index (χ1v) is 5.41. The maximum Gasteiger partial charge on any atom is 0.189 e. The van der Waals surface area contributed by atoms with E-state index in [-0.39, 0.29) is 0 Å². The molecule has 0 fully saturated rings. The summed E-state index contributed by atoms with van der Waals surface area (Å²) in [6.45, 7) is 2.77. The molecule has 0 bridgehead atoms. The maximum atomic E-state index is 5.36. The summed E-state index contributed by atoms with van der Waals surface area (Å²) in [4.78, 5) is 12.6. The van der Waals surface area contributed by atoms with E-state index in [0.29, 0.717) is 17.3 Å². The Bertz CT molecular complexity index is 487. The number of ether oxygens (including phenoxy) is 1. The van der Waals surface area contributed by atoms with Crippen LogP contribution in [0.5, 0.6) is 5.75 Å². The summed E-state index contributed by atoms with van der Waals surface area (Å²) in [5, 5.41) is 3.13. The SMILES string of the molecule is CCNc1ncnc(-c2ccccn2)c1OC. The van der Waals surface area contributed by atoms with E-state index in [1.165, 1.54) is 6.33 Å². The molecule has 0 aliphatic carbocycles. The van der Waals surface area contributed by atoms with Crippen molar-refractivity contribution in [2.75, 3.05) is 19.0 Å². The number of anilines is 1. The van der Waals surface area contributed by atoms with E-state index in [1.807, 2.05) is 25.1 Å². The first-order valence-electron chi connectivity index (χ1n) is 5.41. The highest BCUT2D eigenvalue weighted by Gasteiger charge is 2.13. The Balaban J connectivity index is 2.50. The van der Waals surface area contributed by atoms with Crippen molar-refractivity contribution in [3.63, 3.8) is 0 Å². The minimum Gasteiger partial charge on any atom is -0.491 e. The lowest BCUT2D eigenvalue weighted by Gasteiger charge is -2.11. The molecule has 0 aromatic carbocycles. The van der Waals surface area contributed by atoms with Gasteiger partial charge in [-0.2, -0.15) is 0 Å². The van der Waals surface area contributed by atoms with Crippen LogP contribution in [0, 0.1) is 0 Å². The molecule has 88 valence electrons. The standard InChI is InChI=1S/C12H14N4O/c1-3-13-12-11(17-2)10(15-8-16-12)9-6-4-5-7-14-9/h4-8H,3H2,1-2H3,(H,13,15,16). The van der Waals surface area contributed by atoms with Crippen molar-refractivity contribution in [3.8, 4) is 17.1 Å². The van der Waals surface area contributed by atoms with Crippen LogP contribution in [-0.4, -0.2) is 28.6 Å². The first kappa shape index (κ1) is 11.3. The van der Waals surface area contributed by atoms with Gasteiger partial charge in [-0.15, -0.1) is 0 Å². The van der Waals surface area contributed by atoms with Gasteiger partial charge in [0.1, 0.15) is 12.0 Å². The summed E-state index contributed by atoms with van der Waals surface area (Å²) in [6.07, 6.45) is 3.23. The number of nitrogens with one attached hydrogen (secondary N) is 1. The van der Waals surface area contributed by atoms with Crippen molar-refractivity contribution < 1.29 is 4.74 Å². The van der Waals surface area contributed by atoms with Crippen LogP contribution in [0.3, 0.4) is 0 Å². The molecule has 1 N–H and O–H groups in total. The number of rotatable bonds is 4. The fraction of sp³-hybridized carbons (Fsp3) is 0.250. The number of hydrogen-bond donors (Lipinski definition) is 1. The van der Waals surface area contributed by atoms with Gasteiger partial charge in [-0.1, -0.05) is 6.07 Å². The Hall–Kier alpha value is -2.17. The minimum atomic E-state index is 0.619. The lowest BCUT2D eigenvalue weighted by atomic mass is 10.2. The molecule has 0 radical (unpaired) electrons. The van der Waals surface area contributed by atoms with Gasteiger partial charge in [0.15, 0.2) is 11.6 Å². The fourth-order valence-electron chi connectivity index (χ4n) is 1.55. The molecule has 0 unspecified atom stereocenters. The van der Waals surface area contributed by atoms with Crippen molar-refractivity contribution in [3.05, 3.63) is 30.7 Å². The number of aromatic nitrogens is 3. The summed E-state index contributed by atoms with van der Waals surface area (Å²) < 4.78 is 5.36. The van der Waals surface area contributed by atoms with Gasteiger partial charge in [0.2, 0.25) is 0 Å². The Morgan fingerprint density at radius 1 is 1.24 bits per heavy atom. The lowest BCUT2D eigenvalue weighted by molar-refractivity contribution is 0.414. The lowest BCUT2D eigenvalue weighted by Crippen LogP contribution is -2.04.